The zero-order valence-electron chi connectivity index (χ0n) is 14.1. The Morgan fingerprint density at radius 1 is 1.42 bits per heavy atom. The normalized spacial score (nSPS) is 15.2. The van der Waals surface area contributed by atoms with Crippen molar-refractivity contribution in [3.05, 3.63) is 40.4 Å². The lowest BCUT2D eigenvalue weighted by molar-refractivity contribution is -0.115. The molecule has 1 saturated heterocycles. The molecule has 3 rings (SSSR count). The van der Waals surface area contributed by atoms with E-state index in [1.807, 2.05) is 31.3 Å². The molecule has 1 aliphatic rings. The second kappa shape index (κ2) is 7.77. The predicted molar refractivity (Wildman–Crippen MR) is 97.0 cm³/mol. The molecule has 1 aromatic heterocycles. The molecule has 0 bridgehead atoms. The Bertz CT molecular complexity index is 708. The minimum Gasteiger partial charge on any atom is -0.496 e. The van der Waals surface area contributed by atoms with Gasteiger partial charge in [-0.2, -0.15) is 0 Å². The van der Waals surface area contributed by atoms with Crippen molar-refractivity contribution in [1.82, 2.24) is 10.3 Å². The summed E-state index contributed by atoms with van der Waals surface area (Å²) < 4.78 is 5.34. The van der Waals surface area contributed by atoms with E-state index in [4.69, 9.17) is 4.74 Å². The summed E-state index contributed by atoms with van der Waals surface area (Å²) in [6, 6.07) is 5.86. The number of nitrogens with one attached hydrogen (secondary N) is 2. The second-order valence-electron chi connectivity index (χ2n) is 6.13. The molecule has 1 amide bonds. The summed E-state index contributed by atoms with van der Waals surface area (Å²) in [6.07, 6.45) is 4.46. The number of ether oxygens (including phenoxy) is 1. The lowest BCUT2D eigenvalue weighted by Gasteiger charge is -2.20. The molecule has 128 valence electrons. The third-order valence-corrected chi connectivity index (χ3v) is 5.37. The van der Waals surface area contributed by atoms with Gasteiger partial charge in [0, 0.05) is 16.6 Å². The summed E-state index contributed by atoms with van der Waals surface area (Å²) in [5, 5.41) is 6.97. The first-order chi connectivity index (χ1) is 11.7. The molecule has 2 N–H and O–H groups in total. The van der Waals surface area contributed by atoms with Crippen LogP contribution >= 0.6 is 11.3 Å². The number of amides is 1. The number of aryl methyl sites for hydroxylation is 1. The van der Waals surface area contributed by atoms with Crippen LogP contribution < -0.4 is 15.4 Å². The Hall–Kier alpha value is -1.92. The number of nitrogens with zero attached hydrogens (tertiary/aromatic N) is 1. The van der Waals surface area contributed by atoms with E-state index in [0.29, 0.717) is 11.0 Å². The van der Waals surface area contributed by atoms with Crippen molar-refractivity contribution >= 4 is 22.4 Å². The Morgan fingerprint density at radius 2 is 2.21 bits per heavy atom. The van der Waals surface area contributed by atoms with Crippen LogP contribution in [0.2, 0.25) is 0 Å². The number of hydrogen-bond donors (Lipinski definition) is 2. The lowest BCUT2D eigenvalue weighted by Crippen LogP contribution is -2.26. The third kappa shape index (κ3) is 4.13. The van der Waals surface area contributed by atoms with Crippen molar-refractivity contribution < 1.29 is 9.53 Å². The number of carbonyl (C=O) groups is 1. The molecule has 5 nitrogen and oxygen atoms in total. The van der Waals surface area contributed by atoms with Gasteiger partial charge >= 0.3 is 0 Å². The average Bonchev–Trinajstić information content (AvgIpc) is 3.04. The molecule has 0 aliphatic carbocycles. The fraction of sp³-hybridized carbons (Fsp3) is 0.444. The SMILES string of the molecule is COc1ccc(C)cc1CC(=O)Nc1ncc(C2CCNCC2)s1. The predicted octanol–water partition coefficient (Wildman–Crippen LogP) is 3.11. The first-order valence-corrected chi connectivity index (χ1v) is 9.07. The molecule has 24 heavy (non-hydrogen) atoms. The van der Waals surface area contributed by atoms with Crippen LogP contribution in [0.5, 0.6) is 5.75 Å². The van der Waals surface area contributed by atoms with Gasteiger partial charge in [-0.05, 0) is 44.8 Å². The molecule has 0 spiro atoms. The molecular weight excluding hydrogens is 322 g/mol. The molecule has 2 aromatic rings. The topological polar surface area (TPSA) is 63.2 Å². The quantitative estimate of drug-likeness (QED) is 0.874. The zero-order valence-corrected chi connectivity index (χ0v) is 14.9. The van der Waals surface area contributed by atoms with Gasteiger partial charge in [0.25, 0.3) is 0 Å². The summed E-state index contributed by atoms with van der Waals surface area (Å²) in [7, 11) is 1.62. The van der Waals surface area contributed by atoms with E-state index in [1.165, 1.54) is 4.88 Å². The van der Waals surface area contributed by atoms with E-state index >= 15 is 0 Å². The van der Waals surface area contributed by atoms with Gasteiger partial charge in [-0.3, -0.25) is 4.79 Å². The zero-order chi connectivity index (χ0) is 16.9. The van der Waals surface area contributed by atoms with Crippen molar-refractivity contribution in [2.45, 2.75) is 32.1 Å². The first-order valence-electron chi connectivity index (χ1n) is 8.25. The summed E-state index contributed by atoms with van der Waals surface area (Å²) in [5.41, 5.74) is 2.01. The van der Waals surface area contributed by atoms with Crippen LogP contribution in [-0.2, 0) is 11.2 Å². The minimum absolute atomic E-state index is 0.0647. The minimum atomic E-state index is -0.0647. The van der Waals surface area contributed by atoms with Gasteiger partial charge in [0.2, 0.25) is 5.91 Å². The van der Waals surface area contributed by atoms with Gasteiger partial charge in [0.1, 0.15) is 5.75 Å². The van der Waals surface area contributed by atoms with Crippen LogP contribution in [0.1, 0.15) is 34.8 Å². The number of thiazole rings is 1. The molecule has 6 heteroatoms. The van der Waals surface area contributed by atoms with Crippen molar-refractivity contribution in [2.24, 2.45) is 0 Å². The number of methoxy groups -OCH3 is 1. The first kappa shape index (κ1) is 16.9. The Labute approximate surface area is 146 Å². The largest absolute Gasteiger partial charge is 0.496 e. The van der Waals surface area contributed by atoms with Crippen LogP contribution in [0.25, 0.3) is 0 Å². The summed E-state index contributed by atoms with van der Waals surface area (Å²) in [4.78, 5) is 18.0. The van der Waals surface area contributed by atoms with Crippen molar-refractivity contribution in [1.29, 1.82) is 0 Å². The van der Waals surface area contributed by atoms with Crippen LogP contribution in [0.3, 0.4) is 0 Å². The van der Waals surface area contributed by atoms with E-state index in [1.54, 1.807) is 18.4 Å². The van der Waals surface area contributed by atoms with Crippen LogP contribution in [0.4, 0.5) is 5.13 Å². The van der Waals surface area contributed by atoms with Crippen LogP contribution in [0, 0.1) is 6.92 Å². The van der Waals surface area contributed by atoms with Crippen molar-refractivity contribution in [3.63, 3.8) is 0 Å². The maximum atomic E-state index is 12.3. The molecule has 0 atom stereocenters. The van der Waals surface area contributed by atoms with Gasteiger partial charge in [0.05, 0.1) is 13.5 Å². The van der Waals surface area contributed by atoms with Gasteiger partial charge in [0.15, 0.2) is 5.13 Å². The molecule has 1 fully saturated rings. The highest BCUT2D eigenvalue weighted by Crippen LogP contribution is 2.31. The van der Waals surface area contributed by atoms with E-state index in [-0.39, 0.29) is 12.3 Å². The van der Waals surface area contributed by atoms with E-state index in [2.05, 4.69) is 15.6 Å². The van der Waals surface area contributed by atoms with E-state index in [0.717, 1.165) is 42.8 Å². The number of piperidine rings is 1. The van der Waals surface area contributed by atoms with Crippen LogP contribution in [0.15, 0.2) is 24.4 Å². The van der Waals surface area contributed by atoms with Crippen molar-refractivity contribution in [2.75, 3.05) is 25.5 Å². The summed E-state index contributed by atoms with van der Waals surface area (Å²) in [6.45, 7) is 4.11. The molecule has 2 heterocycles. The molecule has 0 unspecified atom stereocenters. The molecule has 1 aliphatic heterocycles. The number of carbonyl (C=O) groups excluding carboxylic acids is 1. The van der Waals surface area contributed by atoms with Crippen LogP contribution in [-0.4, -0.2) is 31.1 Å². The fourth-order valence-electron chi connectivity index (χ4n) is 3.02. The maximum absolute atomic E-state index is 12.3. The number of hydrogen-bond acceptors (Lipinski definition) is 5. The average molecular weight is 345 g/mol. The number of anilines is 1. The third-order valence-electron chi connectivity index (χ3n) is 4.30. The number of rotatable bonds is 5. The second-order valence-corrected chi connectivity index (χ2v) is 7.19. The summed E-state index contributed by atoms with van der Waals surface area (Å²) in [5.74, 6) is 1.24. The smallest absolute Gasteiger partial charge is 0.230 e. The molecule has 0 radical (unpaired) electrons. The highest BCUT2D eigenvalue weighted by atomic mass is 32.1. The summed E-state index contributed by atoms with van der Waals surface area (Å²) >= 11 is 1.59. The van der Waals surface area contributed by atoms with Gasteiger partial charge in [-0.1, -0.05) is 17.7 Å². The molecule has 0 saturated carbocycles. The van der Waals surface area contributed by atoms with Gasteiger partial charge in [-0.25, -0.2) is 4.98 Å². The highest BCUT2D eigenvalue weighted by molar-refractivity contribution is 7.15. The van der Waals surface area contributed by atoms with Gasteiger partial charge in [-0.15, -0.1) is 11.3 Å². The highest BCUT2D eigenvalue weighted by Gasteiger charge is 2.18. The molecule has 1 aromatic carbocycles. The molecular formula is C18H23N3O2S. The fourth-order valence-corrected chi connectivity index (χ4v) is 4.02. The van der Waals surface area contributed by atoms with E-state index in [9.17, 15) is 4.79 Å². The maximum Gasteiger partial charge on any atom is 0.230 e. The Kier molecular flexibility index (Phi) is 5.48. The van der Waals surface area contributed by atoms with Gasteiger partial charge < -0.3 is 15.4 Å². The standard InChI is InChI=1S/C18H23N3O2S/c1-12-3-4-15(23-2)14(9-12)10-17(22)21-18-20-11-16(24-18)13-5-7-19-8-6-13/h3-4,9,11,13,19H,5-8,10H2,1-2H3,(H,20,21,22). The Morgan fingerprint density at radius 3 is 2.96 bits per heavy atom. The monoisotopic (exact) mass is 345 g/mol. The Balaban J connectivity index is 1.63. The lowest BCUT2D eigenvalue weighted by atomic mass is 9.97. The number of benzene rings is 1. The van der Waals surface area contributed by atoms with Crippen molar-refractivity contribution in [3.8, 4) is 5.75 Å². The number of aromatic nitrogens is 1. The van der Waals surface area contributed by atoms with E-state index < -0.39 is 0 Å².